The smallest absolute Gasteiger partial charge is 0.249 e. The third-order valence-electron chi connectivity index (χ3n) is 3.26. The molecule has 7 heteroatoms. The average Bonchev–Trinajstić information content (AvgIpc) is 2.76. The van der Waals surface area contributed by atoms with Crippen molar-refractivity contribution < 1.29 is 13.5 Å². The number of nitrogens with zero attached hydrogens (tertiary/aromatic N) is 3. The number of alkyl halides is 2. The lowest BCUT2D eigenvalue weighted by atomic mass is 9.81. The van der Waals surface area contributed by atoms with Crippen LogP contribution in [0.2, 0.25) is 0 Å². The average molecular weight is 244 g/mol. The first-order valence-electron chi connectivity index (χ1n) is 5.77. The van der Waals surface area contributed by atoms with Gasteiger partial charge in [-0.15, -0.1) is 5.10 Å². The molecule has 0 radical (unpaired) electrons. The lowest BCUT2D eigenvalue weighted by molar-refractivity contribution is -0.0884. The van der Waals surface area contributed by atoms with Gasteiger partial charge in [-0.3, -0.25) is 5.10 Å². The van der Waals surface area contributed by atoms with Crippen molar-refractivity contribution in [2.75, 3.05) is 31.2 Å². The number of ether oxygens (including phenoxy) is 1. The Morgan fingerprint density at radius 2 is 2.00 bits per heavy atom. The minimum Gasteiger partial charge on any atom is -0.378 e. The Bertz CT molecular complexity index is 395. The van der Waals surface area contributed by atoms with Gasteiger partial charge in [0.25, 0.3) is 0 Å². The molecule has 0 bridgehead atoms. The summed E-state index contributed by atoms with van der Waals surface area (Å²) in [6.07, 6.45) is -0.241. The molecule has 0 atom stereocenters. The van der Waals surface area contributed by atoms with Gasteiger partial charge in [0.05, 0.1) is 13.2 Å². The molecule has 1 N–H and O–H groups in total. The normalized spacial score (nSPS) is 24.7. The van der Waals surface area contributed by atoms with Crippen LogP contribution in [0.25, 0.3) is 0 Å². The zero-order chi connectivity index (χ0) is 11.9. The summed E-state index contributed by atoms with van der Waals surface area (Å²) in [6, 6.07) is 0. The van der Waals surface area contributed by atoms with Crippen molar-refractivity contribution in [2.45, 2.75) is 24.7 Å². The van der Waals surface area contributed by atoms with Gasteiger partial charge in [-0.25, -0.2) is 8.78 Å². The summed E-state index contributed by atoms with van der Waals surface area (Å²) < 4.78 is 30.7. The Kier molecular flexibility index (Phi) is 2.50. The second-order valence-electron chi connectivity index (χ2n) is 4.58. The van der Waals surface area contributed by atoms with Gasteiger partial charge in [0, 0.05) is 31.8 Å². The van der Waals surface area contributed by atoms with E-state index in [1.807, 2.05) is 4.90 Å². The van der Waals surface area contributed by atoms with Gasteiger partial charge < -0.3 is 9.64 Å². The topological polar surface area (TPSA) is 54.0 Å². The number of aromatic nitrogens is 3. The van der Waals surface area contributed by atoms with Crippen LogP contribution in [0, 0.1) is 0 Å². The zero-order valence-corrected chi connectivity index (χ0v) is 9.33. The molecule has 1 saturated carbocycles. The molecule has 5 nitrogen and oxygen atoms in total. The van der Waals surface area contributed by atoms with E-state index < -0.39 is 5.92 Å². The lowest BCUT2D eigenvalue weighted by Gasteiger charge is -2.33. The molecule has 0 spiro atoms. The van der Waals surface area contributed by atoms with Gasteiger partial charge in [-0.1, -0.05) is 0 Å². The molecule has 1 aliphatic carbocycles. The molecule has 17 heavy (non-hydrogen) atoms. The van der Waals surface area contributed by atoms with Crippen LogP contribution in [0.3, 0.4) is 0 Å². The molecule has 1 aromatic heterocycles. The number of H-pyrrole nitrogens is 1. The van der Waals surface area contributed by atoms with Gasteiger partial charge in [0.15, 0.2) is 0 Å². The summed E-state index contributed by atoms with van der Waals surface area (Å²) in [6.45, 7) is 2.81. The van der Waals surface area contributed by atoms with E-state index in [1.165, 1.54) is 0 Å². The van der Waals surface area contributed by atoms with Crippen molar-refractivity contribution in [3.8, 4) is 0 Å². The van der Waals surface area contributed by atoms with E-state index in [0.717, 1.165) is 13.1 Å². The highest BCUT2D eigenvalue weighted by molar-refractivity contribution is 5.30. The van der Waals surface area contributed by atoms with Gasteiger partial charge in [-0.05, 0) is 0 Å². The highest BCUT2D eigenvalue weighted by atomic mass is 19.3. The van der Waals surface area contributed by atoms with Crippen molar-refractivity contribution in [1.82, 2.24) is 15.2 Å². The second-order valence-corrected chi connectivity index (χ2v) is 4.58. The van der Waals surface area contributed by atoms with E-state index in [-0.39, 0.29) is 18.8 Å². The maximum absolute atomic E-state index is 12.7. The Morgan fingerprint density at radius 3 is 2.65 bits per heavy atom. The van der Waals surface area contributed by atoms with Crippen molar-refractivity contribution in [1.29, 1.82) is 0 Å². The van der Waals surface area contributed by atoms with Crippen LogP contribution in [-0.4, -0.2) is 47.4 Å². The molecule has 0 amide bonds. The van der Waals surface area contributed by atoms with Gasteiger partial charge in [0.2, 0.25) is 11.9 Å². The highest BCUT2D eigenvalue weighted by Crippen LogP contribution is 2.47. The Balaban J connectivity index is 1.66. The number of rotatable bonds is 2. The van der Waals surface area contributed by atoms with Gasteiger partial charge >= 0.3 is 0 Å². The minimum absolute atomic E-state index is 0.120. The first kappa shape index (κ1) is 10.9. The fraction of sp³-hybridized carbons (Fsp3) is 0.800. The fourth-order valence-electron chi connectivity index (χ4n) is 2.21. The number of halogens is 2. The highest BCUT2D eigenvalue weighted by Gasteiger charge is 2.47. The van der Waals surface area contributed by atoms with Crippen LogP contribution in [0.4, 0.5) is 14.7 Å². The second kappa shape index (κ2) is 3.90. The first-order chi connectivity index (χ1) is 8.14. The Labute approximate surface area is 97.2 Å². The number of hydrogen-bond donors (Lipinski definition) is 1. The summed E-state index contributed by atoms with van der Waals surface area (Å²) in [7, 11) is 0. The number of nitrogens with one attached hydrogen (secondary N) is 1. The van der Waals surface area contributed by atoms with E-state index in [1.54, 1.807) is 0 Å². The lowest BCUT2D eigenvalue weighted by Crippen LogP contribution is -2.37. The van der Waals surface area contributed by atoms with Crippen molar-refractivity contribution in [3.05, 3.63) is 5.82 Å². The van der Waals surface area contributed by atoms with Crippen LogP contribution in [0.1, 0.15) is 24.6 Å². The number of anilines is 1. The molecule has 94 valence electrons. The third-order valence-corrected chi connectivity index (χ3v) is 3.26. The molecule has 0 aromatic carbocycles. The van der Waals surface area contributed by atoms with Crippen LogP contribution < -0.4 is 4.90 Å². The number of aromatic amines is 1. The summed E-state index contributed by atoms with van der Waals surface area (Å²) in [4.78, 5) is 6.29. The molecule has 2 heterocycles. The predicted molar refractivity (Wildman–Crippen MR) is 56.3 cm³/mol. The minimum atomic E-state index is -2.52. The maximum atomic E-state index is 12.7. The van der Waals surface area contributed by atoms with E-state index in [9.17, 15) is 8.78 Å². The van der Waals surface area contributed by atoms with Crippen molar-refractivity contribution in [2.24, 2.45) is 0 Å². The standard InChI is InChI=1S/C10H14F2N4O/c11-10(12)5-7(6-10)8-13-9(15-14-8)16-1-3-17-4-2-16/h7H,1-6H2,(H,13,14,15). The van der Waals surface area contributed by atoms with E-state index in [4.69, 9.17) is 4.74 Å². The van der Waals surface area contributed by atoms with Crippen molar-refractivity contribution in [3.63, 3.8) is 0 Å². The van der Waals surface area contributed by atoms with E-state index >= 15 is 0 Å². The number of hydrogen-bond acceptors (Lipinski definition) is 4. The molecule has 2 fully saturated rings. The van der Waals surface area contributed by atoms with Crippen LogP contribution >= 0.6 is 0 Å². The molecule has 0 unspecified atom stereocenters. The number of morpholine rings is 1. The summed E-state index contributed by atoms with van der Waals surface area (Å²) in [5.74, 6) is -1.51. The monoisotopic (exact) mass is 244 g/mol. The quantitative estimate of drug-likeness (QED) is 0.848. The molecule has 3 rings (SSSR count). The third kappa shape index (κ3) is 2.11. The molecule has 1 aromatic rings. The molecule has 1 saturated heterocycles. The largest absolute Gasteiger partial charge is 0.378 e. The first-order valence-corrected chi connectivity index (χ1v) is 5.77. The van der Waals surface area contributed by atoms with Crippen LogP contribution in [0.15, 0.2) is 0 Å². The summed E-state index contributed by atoms with van der Waals surface area (Å²) in [5, 5.41) is 6.85. The van der Waals surface area contributed by atoms with E-state index in [0.29, 0.717) is 25.0 Å². The Morgan fingerprint density at radius 1 is 1.29 bits per heavy atom. The van der Waals surface area contributed by atoms with E-state index in [2.05, 4.69) is 15.2 Å². The van der Waals surface area contributed by atoms with Gasteiger partial charge in [0.1, 0.15) is 5.82 Å². The molecule has 1 aliphatic heterocycles. The SMILES string of the molecule is FC1(F)CC(c2nc(N3CCOCC3)n[nH]2)C1. The van der Waals surface area contributed by atoms with Gasteiger partial charge in [-0.2, -0.15) is 4.98 Å². The fourth-order valence-corrected chi connectivity index (χ4v) is 2.21. The molecular formula is C10H14F2N4O. The molecule has 2 aliphatic rings. The van der Waals surface area contributed by atoms with Crippen LogP contribution in [-0.2, 0) is 4.74 Å². The van der Waals surface area contributed by atoms with Crippen molar-refractivity contribution >= 4 is 5.95 Å². The Hall–Kier alpha value is -1.24. The molecular weight excluding hydrogens is 230 g/mol. The summed E-state index contributed by atoms with van der Waals surface area (Å²) >= 11 is 0. The predicted octanol–water partition coefficient (Wildman–Crippen LogP) is 1.15. The zero-order valence-electron chi connectivity index (χ0n) is 9.33. The summed E-state index contributed by atoms with van der Waals surface area (Å²) in [5.41, 5.74) is 0. The van der Waals surface area contributed by atoms with Crippen LogP contribution in [0.5, 0.6) is 0 Å². The maximum Gasteiger partial charge on any atom is 0.249 e.